The first-order valence-corrected chi connectivity index (χ1v) is 15.3. The molecule has 7 rings (SSSR count). The largest absolute Gasteiger partial charge is 0.444 e. The van der Waals surface area contributed by atoms with Gasteiger partial charge in [-0.1, -0.05) is 49.4 Å². The summed E-state index contributed by atoms with van der Waals surface area (Å²) in [6, 6.07) is 16.7. The summed E-state index contributed by atoms with van der Waals surface area (Å²) in [6.07, 6.45) is 5.61. The molecule has 2 atom stereocenters. The molecule has 4 N–H and O–H groups in total. The number of anilines is 3. The van der Waals surface area contributed by atoms with E-state index < -0.39 is 22.8 Å². The number of nitrogen functional groups attached to an aromatic ring is 1. The first kappa shape index (κ1) is 28.8. The Morgan fingerprint density at radius 3 is 2.28 bits per heavy atom. The van der Waals surface area contributed by atoms with E-state index in [1.54, 1.807) is 12.1 Å². The standard InChI is InChI=1S/C33H39N5O5/c1-2-13-38-29(39)27(36-30(40)33-18-23-15-24(19-33)17-25(33)16-23)28(34)37(32(38)42)14-12-21-8-10-26(11-9-21)35-31(41)43-20-22-6-4-3-5-7-22/h3-11,23-25H,2,12-20,34H2,1H3,(H,35,41)(H,36,40). The van der Waals surface area contributed by atoms with Crippen molar-refractivity contribution in [2.75, 3.05) is 16.4 Å². The number of rotatable bonds is 10. The van der Waals surface area contributed by atoms with Gasteiger partial charge in [0.05, 0.1) is 5.41 Å². The third kappa shape index (κ3) is 5.58. The van der Waals surface area contributed by atoms with E-state index in [2.05, 4.69) is 10.6 Å². The second-order valence-corrected chi connectivity index (χ2v) is 12.4. The molecule has 10 nitrogen and oxygen atoms in total. The van der Waals surface area contributed by atoms with Crippen LogP contribution < -0.4 is 27.6 Å². The van der Waals surface area contributed by atoms with Crippen molar-refractivity contribution in [3.05, 3.63) is 86.6 Å². The van der Waals surface area contributed by atoms with Crippen molar-refractivity contribution in [3.63, 3.8) is 0 Å². The fraction of sp³-hybridized carbons (Fsp3) is 0.455. The maximum absolute atomic E-state index is 13.7. The Labute approximate surface area is 250 Å². The minimum absolute atomic E-state index is 0.00668. The van der Waals surface area contributed by atoms with Gasteiger partial charge in [-0.25, -0.2) is 9.59 Å². The number of aryl methyl sites for hydroxylation is 1. The summed E-state index contributed by atoms with van der Waals surface area (Å²) in [4.78, 5) is 52.7. The second kappa shape index (κ2) is 11.7. The number of hydrogen-bond donors (Lipinski definition) is 3. The van der Waals surface area contributed by atoms with E-state index in [1.165, 1.54) is 15.6 Å². The number of nitrogens with zero attached hydrogens (tertiary/aromatic N) is 2. The lowest BCUT2D eigenvalue weighted by Gasteiger charge is -2.31. The molecule has 10 heteroatoms. The molecule has 0 radical (unpaired) electrons. The van der Waals surface area contributed by atoms with Crippen molar-refractivity contribution >= 4 is 29.2 Å². The molecule has 2 aromatic carbocycles. The summed E-state index contributed by atoms with van der Waals surface area (Å²) in [5.74, 6) is 1.42. The number of carbonyl (C=O) groups is 2. The van der Waals surface area contributed by atoms with Crippen LogP contribution in [0.2, 0.25) is 0 Å². The molecule has 4 aliphatic carbocycles. The van der Waals surface area contributed by atoms with Crippen molar-refractivity contribution in [2.45, 2.75) is 71.6 Å². The molecular weight excluding hydrogens is 546 g/mol. The van der Waals surface area contributed by atoms with Crippen molar-refractivity contribution in [2.24, 2.45) is 23.2 Å². The van der Waals surface area contributed by atoms with E-state index >= 15 is 0 Å². The predicted octanol–water partition coefficient (Wildman–Crippen LogP) is 4.76. The Bertz CT molecular complexity index is 1610. The van der Waals surface area contributed by atoms with Crippen LogP contribution >= 0.6 is 0 Å². The molecule has 4 fully saturated rings. The van der Waals surface area contributed by atoms with Crippen LogP contribution in [0.15, 0.2) is 64.2 Å². The molecule has 43 heavy (non-hydrogen) atoms. The van der Waals surface area contributed by atoms with Gasteiger partial charge in [-0.15, -0.1) is 0 Å². The van der Waals surface area contributed by atoms with Crippen LogP contribution in [0.3, 0.4) is 0 Å². The van der Waals surface area contributed by atoms with Crippen LogP contribution in [0.5, 0.6) is 0 Å². The quantitative estimate of drug-likeness (QED) is 0.314. The number of nitrogens with two attached hydrogens (primary N) is 1. The third-order valence-corrected chi connectivity index (χ3v) is 9.63. The maximum Gasteiger partial charge on any atom is 0.411 e. The molecule has 2 unspecified atom stereocenters. The number of benzene rings is 2. The summed E-state index contributed by atoms with van der Waals surface area (Å²) in [5.41, 5.74) is 7.39. The van der Waals surface area contributed by atoms with Gasteiger partial charge in [0.2, 0.25) is 5.91 Å². The van der Waals surface area contributed by atoms with E-state index in [0.29, 0.717) is 36.3 Å². The fourth-order valence-corrected chi connectivity index (χ4v) is 7.75. The van der Waals surface area contributed by atoms with Crippen LogP contribution in [0.25, 0.3) is 0 Å². The number of nitrogens with one attached hydrogen (secondary N) is 2. The maximum atomic E-state index is 13.7. The number of hydrogen-bond acceptors (Lipinski definition) is 6. The van der Waals surface area contributed by atoms with Crippen LogP contribution in [0.1, 0.15) is 56.6 Å². The zero-order valence-corrected chi connectivity index (χ0v) is 24.5. The van der Waals surface area contributed by atoms with Crippen LogP contribution in [-0.2, 0) is 35.6 Å². The highest BCUT2D eigenvalue weighted by Crippen LogP contribution is 2.65. The molecule has 2 amide bonds. The van der Waals surface area contributed by atoms with Gasteiger partial charge < -0.3 is 15.8 Å². The molecule has 4 bridgehead atoms. The third-order valence-electron chi connectivity index (χ3n) is 9.63. The molecule has 3 aromatic rings. The molecular formula is C33H39N5O5. The lowest BCUT2D eigenvalue weighted by molar-refractivity contribution is -0.127. The zero-order valence-electron chi connectivity index (χ0n) is 24.5. The Hall–Kier alpha value is -4.34. The molecule has 1 heterocycles. The van der Waals surface area contributed by atoms with Crippen molar-refractivity contribution in [1.82, 2.24) is 9.13 Å². The zero-order chi connectivity index (χ0) is 30.1. The summed E-state index contributed by atoms with van der Waals surface area (Å²) >= 11 is 0. The Morgan fingerprint density at radius 1 is 0.907 bits per heavy atom. The highest BCUT2D eigenvalue weighted by Gasteiger charge is 2.61. The van der Waals surface area contributed by atoms with Crippen molar-refractivity contribution < 1.29 is 14.3 Å². The second-order valence-electron chi connectivity index (χ2n) is 12.4. The highest BCUT2D eigenvalue weighted by atomic mass is 16.5. The van der Waals surface area contributed by atoms with Crippen molar-refractivity contribution in [3.8, 4) is 0 Å². The van der Waals surface area contributed by atoms with E-state index in [1.807, 2.05) is 49.4 Å². The average Bonchev–Trinajstić information content (AvgIpc) is 3.41. The Morgan fingerprint density at radius 2 is 1.60 bits per heavy atom. The van der Waals surface area contributed by atoms with Crippen molar-refractivity contribution in [1.29, 1.82) is 0 Å². The van der Waals surface area contributed by atoms with Gasteiger partial charge in [0.25, 0.3) is 5.56 Å². The van der Waals surface area contributed by atoms with E-state index in [-0.39, 0.29) is 37.1 Å². The molecule has 0 spiro atoms. The Balaban J connectivity index is 1.15. The number of carbonyl (C=O) groups excluding carboxylic acids is 2. The summed E-state index contributed by atoms with van der Waals surface area (Å²) in [5, 5.41) is 5.64. The van der Waals surface area contributed by atoms with Gasteiger partial charge in [-0.2, -0.15) is 0 Å². The average molecular weight is 586 g/mol. The SMILES string of the molecule is CCCn1c(=O)c(NC(=O)C23CC4CC(CC2C4)C3)c(N)n(CCc2ccc(NC(=O)OCc3ccccc3)cc2)c1=O. The predicted molar refractivity (Wildman–Crippen MR) is 165 cm³/mol. The first-order valence-electron chi connectivity index (χ1n) is 15.3. The number of aromatic nitrogens is 2. The van der Waals surface area contributed by atoms with Crippen LogP contribution in [-0.4, -0.2) is 21.1 Å². The fourth-order valence-electron chi connectivity index (χ4n) is 7.75. The minimum atomic E-state index is -0.554. The topological polar surface area (TPSA) is 137 Å². The molecule has 4 aliphatic rings. The normalized spacial score (nSPS) is 23.3. The molecule has 0 aliphatic heterocycles. The van der Waals surface area contributed by atoms with Gasteiger partial charge in [-0.3, -0.25) is 24.0 Å². The van der Waals surface area contributed by atoms with Gasteiger partial charge in [0.15, 0.2) is 0 Å². The number of amides is 2. The van der Waals surface area contributed by atoms with Crippen LogP contribution in [0.4, 0.5) is 22.0 Å². The first-order chi connectivity index (χ1) is 20.8. The van der Waals surface area contributed by atoms with Gasteiger partial charge >= 0.3 is 11.8 Å². The van der Waals surface area contributed by atoms with Gasteiger partial charge in [-0.05, 0) is 86.0 Å². The molecule has 226 valence electrons. The summed E-state index contributed by atoms with van der Waals surface area (Å²) < 4.78 is 7.84. The minimum Gasteiger partial charge on any atom is -0.444 e. The highest BCUT2D eigenvalue weighted by molar-refractivity contribution is 5.98. The van der Waals surface area contributed by atoms with Gasteiger partial charge in [0, 0.05) is 18.8 Å². The monoisotopic (exact) mass is 585 g/mol. The number of ether oxygens (including phenoxy) is 1. The van der Waals surface area contributed by atoms with Gasteiger partial charge in [0.1, 0.15) is 18.1 Å². The van der Waals surface area contributed by atoms with E-state index in [0.717, 1.165) is 36.8 Å². The van der Waals surface area contributed by atoms with E-state index in [9.17, 15) is 19.2 Å². The van der Waals surface area contributed by atoms with E-state index in [4.69, 9.17) is 10.5 Å². The Kier molecular flexibility index (Phi) is 7.85. The molecule has 0 saturated heterocycles. The smallest absolute Gasteiger partial charge is 0.411 e. The summed E-state index contributed by atoms with van der Waals surface area (Å²) in [7, 11) is 0. The van der Waals surface area contributed by atoms with Crippen LogP contribution in [0, 0.1) is 23.2 Å². The summed E-state index contributed by atoms with van der Waals surface area (Å²) in [6.45, 7) is 2.53. The lowest BCUT2D eigenvalue weighted by atomic mass is 9.75. The lowest BCUT2D eigenvalue weighted by Crippen LogP contribution is -2.45. The molecule has 4 saturated carbocycles. The molecule has 1 aromatic heterocycles.